The number of nitrogens with zero attached hydrogens (tertiary/aromatic N) is 1. The summed E-state index contributed by atoms with van der Waals surface area (Å²) < 4.78 is 5.04. The van der Waals surface area contributed by atoms with E-state index in [0.29, 0.717) is 5.75 Å². The minimum absolute atomic E-state index is 0.149. The molecule has 0 aliphatic heterocycles. The summed E-state index contributed by atoms with van der Waals surface area (Å²) in [6, 6.07) is -0.845. The number of carbonyl (C=O) groups excluding carboxylic acids is 1. The molecule has 1 rings (SSSR count). The lowest BCUT2D eigenvalue weighted by molar-refractivity contribution is -0.142. The highest BCUT2D eigenvalue weighted by molar-refractivity contribution is 7.99. The topological polar surface area (TPSA) is 92.4 Å². The van der Waals surface area contributed by atoms with Crippen LogP contribution in [0.25, 0.3) is 0 Å². The SMILES string of the molecule is Cc1noc(C)c1CSCC(=O)NC(C(=O)O)C(C)C. The van der Waals surface area contributed by atoms with Crippen LogP contribution in [0.3, 0.4) is 0 Å². The Bertz CT molecular complexity index is 465. The predicted molar refractivity (Wildman–Crippen MR) is 76.5 cm³/mol. The molecule has 0 aromatic carbocycles. The first kappa shape index (κ1) is 16.6. The number of aryl methyl sites for hydroxylation is 2. The molecular weight excluding hydrogens is 280 g/mol. The Morgan fingerprint density at radius 1 is 1.40 bits per heavy atom. The lowest BCUT2D eigenvalue weighted by atomic mass is 10.1. The van der Waals surface area contributed by atoms with Crippen LogP contribution in [-0.4, -0.2) is 33.9 Å². The number of aliphatic carboxylic acids is 1. The molecule has 1 unspecified atom stereocenters. The molecule has 1 atom stereocenters. The highest BCUT2D eigenvalue weighted by Gasteiger charge is 2.23. The van der Waals surface area contributed by atoms with Gasteiger partial charge in [0.2, 0.25) is 5.91 Å². The number of carbonyl (C=O) groups is 2. The summed E-state index contributed by atoms with van der Waals surface area (Å²) in [5, 5.41) is 15.4. The molecule has 1 amide bonds. The molecule has 0 radical (unpaired) electrons. The van der Waals surface area contributed by atoms with Gasteiger partial charge in [-0.3, -0.25) is 4.79 Å². The minimum atomic E-state index is -1.01. The fraction of sp³-hybridized carbons (Fsp3) is 0.615. The lowest BCUT2D eigenvalue weighted by Crippen LogP contribution is -2.45. The first-order chi connectivity index (χ1) is 9.32. The number of carboxylic acid groups (broad SMARTS) is 1. The van der Waals surface area contributed by atoms with Crippen molar-refractivity contribution in [2.75, 3.05) is 5.75 Å². The van der Waals surface area contributed by atoms with E-state index >= 15 is 0 Å². The van der Waals surface area contributed by atoms with Gasteiger partial charge in [0.15, 0.2) is 0 Å². The number of carboxylic acids is 1. The molecule has 0 aliphatic carbocycles. The molecule has 1 heterocycles. The van der Waals surface area contributed by atoms with Crippen LogP contribution in [0.5, 0.6) is 0 Å². The van der Waals surface area contributed by atoms with Crippen molar-refractivity contribution in [1.29, 1.82) is 0 Å². The van der Waals surface area contributed by atoms with Crippen molar-refractivity contribution < 1.29 is 19.2 Å². The van der Waals surface area contributed by atoms with E-state index in [0.717, 1.165) is 17.0 Å². The third-order valence-electron chi connectivity index (χ3n) is 2.91. The number of thioether (sulfide) groups is 1. The molecule has 7 heteroatoms. The second kappa shape index (κ2) is 7.33. The highest BCUT2D eigenvalue weighted by atomic mass is 32.2. The first-order valence-electron chi connectivity index (χ1n) is 6.34. The number of nitrogens with one attached hydrogen (secondary N) is 1. The van der Waals surface area contributed by atoms with Crippen LogP contribution < -0.4 is 5.32 Å². The highest BCUT2D eigenvalue weighted by Crippen LogP contribution is 2.19. The summed E-state index contributed by atoms with van der Waals surface area (Å²) in [5.41, 5.74) is 1.81. The summed E-state index contributed by atoms with van der Waals surface area (Å²) in [6.45, 7) is 7.20. The summed E-state index contributed by atoms with van der Waals surface area (Å²) in [5.74, 6) is 0.145. The van der Waals surface area contributed by atoms with Crippen LogP contribution in [0.4, 0.5) is 0 Å². The Kier molecular flexibility index (Phi) is 6.06. The quantitative estimate of drug-likeness (QED) is 0.797. The van der Waals surface area contributed by atoms with Gasteiger partial charge in [-0.25, -0.2) is 4.79 Å². The van der Waals surface area contributed by atoms with E-state index in [1.807, 2.05) is 13.8 Å². The summed E-state index contributed by atoms with van der Waals surface area (Å²) in [7, 11) is 0. The lowest BCUT2D eigenvalue weighted by Gasteiger charge is -2.17. The molecule has 20 heavy (non-hydrogen) atoms. The van der Waals surface area contributed by atoms with Crippen molar-refractivity contribution in [3.8, 4) is 0 Å². The fourth-order valence-electron chi connectivity index (χ4n) is 1.68. The zero-order chi connectivity index (χ0) is 15.3. The van der Waals surface area contributed by atoms with Gasteiger partial charge in [0, 0.05) is 11.3 Å². The van der Waals surface area contributed by atoms with Gasteiger partial charge in [0.1, 0.15) is 11.8 Å². The Morgan fingerprint density at radius 2 is 2.05 bits per heavy atom. The van der Waals surface area contributed by atoms with Gasteiger partial charge in [-0.2, -0.15) is 0 Å². The van der Waals surface area contributed by atoms with Crippen LogP contribution in [0.2, 0.25) is 0 Å². The van der Waals surface area contributed by atoms with Crippen LogP contribution in [0.1, 0.15) is 30.9 Å². The van der Waals surface area contributed by atoms with Crippen molar-refractivity contribution in [1.82, 2.24) is 10.5 Å². The third-order valence-corrected chi connectivity index (χ3v) is 3.87. The molecule has 1 aromatic rings. The molecule has 0 fully saturated rings. The molecule has 0 bridgehead atoms. The Balaban J connectivity index is 2.42. The van der Waals surface area contributed by atoms with E-state index < -0.39 is 12.0 Å². The maximum absolute atomic E-state index is 11.7. The predicted octanol–water partition coefficient (Wildman–Crippen LogP) is 1.75. The summed E-state index contributed by atoms with van der Waals surface area (Å²) in [6.07, 6.45) is 0. The second-order valence-electron chi connectivity index (χ2n) is 4.92. The number of amides is 1. The van der Waals surface area contributed by atoms with Crippen molar-refractivity contribution in [2.45, 2.75) is 39.5 Å². The number of hydrogen-bond acceptors (Lipinski definition) is 5. The molecule has 0 saturated carbocycles. The molecule has 0 spiro atoms. The van der Waals surface area contributed by atoms with E-state index in [4.69, 9.17) is 9.63 Å². The largest absolute Gasteiger partial charge is 0.480 e. The van der Waals surface area contributed by atoms with Crippen LogP contribution in [-0.2, 0) is 15.3 Å². The van der Waals surface area contributed by atoms with E-state index in [-0.39, 0.29) is 17.6 Å². The number of hydrogen-bond donors (Lipinski definition) is 2. The van der Waals surface area contributed by atoms with Crippen molar-refractivity contribution >= 4 is 23.6 Å². The second-order valence-corrected chi connectivity index (χ2v) is 5.91. The number of rotatable bonds is 7. The first-order valence-corrected chi connectivity index (χ1v) is 7.50. The van der Waals surface area contributed by atoms with Gasteiger partial charge in [-0.15, -0.1) is 11.8 Å². The Hall–Kier alpha value is -1.50. The molecule has 6 nitrogen and oxygen atoms in total. The molecule has 2 N–H and O–H groups in total. The van der Waals surface area contributed by atoms with Gasteiger partial charge in [-0.05, 0) is 19.8 Å². The van der Waals surface area contributed by atoms with E-state index in [9.17, 15) is 9.59 Å². The van der Waals surface area contributed by atoms with Crippen LogP contribution >= 0.6 is 11.8 Å². The van der Waals surface area contributed by atoms with Gasteiger partial charge >= 0.3 is 5.97 Å². The van der Waals surface area contributed by atoms with Crippen LogP contribution in [0, 0.1) is 19.8 Å². The van der Waals surface area contributed by atoms with Gasteiger partial charge in [0.25, 0.3) is 0 Å². The standard InChI is InChI=1S/C13H20N2O4S/c1-7(2)12(13(17)18)14-11(16)6-20-5-10-8(3)15-19-9(10)4/h7,12H,5-6H2,1-4H3,(H,14,16)(H,17,18). The minimum Gasteiger partial charge on any atom is -0.480 e. The smallest absolute Gasteiger partial charge is 0.326 e. The maximum atomic E-state index is 11.7. The van der Waals surface area contributed by atoms with E-state index in [1.165, 1.54) is 11.8 Å². The summed E-state index contributed by atoms with van der Waals surface area (Å²) in [4.78, 5) is 22.7. The fourth-order valence-corrected chi connectivity index (χ4v) is 2.67. The molecule has 0 aliphatic rings. The van der Waals surface area contributed by atoms with Crippen molar-refractivity contribution in [3.05, 3.63) is 17.0 Å². The maximum Gasteiger partial charge on any atom is 0.326 e. The van der Waals surface area contributed by atoms with E-state index in [2.05, 4.69) is 10.5 Å². The van der Waals surface area contributed by atoms with Crippen molar-refractivity contribution in [3.63, 3.8) is 0 Å². The average Bonchev–Trinajstić information content (AvgIpc) is 2.66. The molecular formula is C13H20N2O4S. The average molecular weight is 300 g/mol. The van der Waals surface area contributed by atoms with Gasteiger partial charge in [0.05, 0.1) is 11.4 Å². The van der Waals surface area contributed by atoms with Crippen LogP contribution in [0.15, 0.2) is 4.52 Å². The third kappa shape index (κ3) is 4.56. The summed E-state index contributed by atoms with van der Waals surface area (Å²) >= 11 is 1.41. The van der Waals surface area contributed by atoms with Gasteiger partial charge in [-0.1, -0.05) is 19.0 Å². The Morgan fingerprint density at radius 3 is 2.50 bits per heavy atom. The normalized spacial score (nSPS) is 12.4. The van der Waals surface area contributed by atoms with E-state index in [1.54, 1.807) is 13.8 Å². The van der Waals surface area contributed by atoms with Crippen molar-refractivity contribution in [2.24, 2.45) is 5.92 Å². The zero-order valence-corrected chi connectivity index (χ0v) is 12.9. The number of aromatic nitrogens is 1. The molecule has 112 valence electrons. The zero-order valence-electron chi connectivity index (χ0n) is 12.1. The molecule has 1 aromatic heterocycles. The molecule has 0 saturated heterocycles. The monoisotopic (exact) mass is 300 g/mol. The van der Waals surface area contributed by atoms with Gasteiger partial charge < -0.3 is 14.9 Å². The Labute approximate surface area is 122 Å².